The maximum absolute atomic E-state index is 11.3. The van der Waals surface area contributed by atoms with Gasteiger partial charge in [0.2, 0.25) is 0 Å². The smallest absolute Gasteiger partial charge is 0.264 e. The highest BCUT2D eigenvalue weighted by molar-refractivity contribution is 7.85. The molecule has 23 heavy (non-hydrogen) atoms. The van der Waals surface area contributed by atoms with Crippen LogP contribution in [0.15, 0.2) is 18.2 Å². The van der Waals surface area contributed by atoms with Gasteiger partial charge in [-0.2, -0.15) is 13.5 Å². The van der Waals surface area contributed by atoms with Crippen LogP contribution in [0.5, 0.6) is 0 Å². The fourth-order valence-electron chi connectivity index (χ4n) is 4.24. The number of likely N-dealkylation sites (tertiary alicyclic amines) is 1. The maximum Gasteiger partial charge on any atom is 0.264 e. The molecule has 1 aliphatic heterocycles. The van der Waals surface area contributed by atoms with Gasteiger partial charge in [0, 0.05) is 30.3 Å². The number of hydrogen-bond donors (Lipinski definition) is 1. The number of rotatable bonds is 3. The van der Waals surface area contributed by atoms with Crippen molar-refractivity contribution in [3.63, 3.8) is 0 Å². The van der Waals surface area contributed by atoms with Gasteiger partial charge in [0.1, 0.15) is 0 Å². The molecule has 2 aromatic rings. The third kappa shape index (κ3) is 2.66. The summed E-state index contributed by atoms with van der Waals surface area (Å²) in [4.78, 5) is 2.33. The van der Waals surface area contributed by atoms with E-state index in [4.69, 9.17) is 4.18 Å². The fourth-order valence-corrected chi connectivity index (χ4v) is 4.68. The quantitative estimate of drug-likeness (QED) is 0.861. The molecule has 0 radical (unpaired) electrons. The van der Waals surface area contributed by atoms with E-state index >= 15 is 0 Å². The summed E-state index contributed by atoms with van der Waals surface area (Å²) in [6.45, 7) is 1.12. The number of hydrogen-bond acceptors (Lipinski definition) is 5. The van der Waals surface area contributed by atoms with Crippen LogP contribution in [0.1, 0.15) is 23.6 Å². The van der Waals surface area contributed by atoms with Gasteiger partial charge in [0.15, 0.2) is 0 Å². The van der Waals surface area contributed by atoms with E-state index in [1.807, 2.05) is 0 Å². The molecular formula is C16H21N3O3S. The minimum absolute atomic E-state index is 0.222. The first kappa shape index (κ1) is 15.1. The predicted molar refractivity (Wildman–Crippen MR) is 87.9 cm³/mol. The van der Waals surface area contributed by atoms with E-state index < -0.39 is 10.1 Å². The first-order valence-corrected chi connectivity index (χ1v) is 9.74. The number of nitrogens with one attached hydrogen (secondary N) is 1. The first-order valence-electron chi connectivity index (χ1n) is 7.93. The van der Waals surface area contributed by atoms with Crippen LogP contribution in [0.3, 0.4) is 0 Å². The van der Waals surface area contributed by atoms with Crippen molar-refractivity contribution in [2.75, 3.05) is 26.5 Å². The van der Waals surface area contributed by atoms with Crippen LogP contribution < -0.4 is 0 Å². The van der Waals surface area contributed by atoms with E-state index in [0.717, 1.165) is 36.9 Å². The number of nitrogens with zero attached hydrogens (tertiary/aromatic N) is 2. The molecule has 2 heterocycles. The highest BCUT2D eigenvalue weighted by Crippen LogP contribution is 2.43. The molecule has 2 aliphatic rings. The van der Waals surface area contributed by atoms with Gasteiger partial charge in [-0.15, -0.1) is 0 Å². The largest absolute Gasteiger partial charge is 0.302 e. The Morgan fingerprint density at radius 2 is 2.26 bits per heavy atom. The van der Waals surface area contributed by atoms with E-state index in [9.17, 15) is 8.42 Å². The summed E-state index contributed by atoms with van der Waals surface area (Å²) in [5.41, 5.74) is 3.57. The molecule has 3 atom stereocenters. The lowest BCUT2D eigenvalue weighted by molar-refractivity contribution is 0.0851. The average Bonchev–Trinajstić information content (AvgIpc) is 2.90. The lowest BCUT2D eigenvalue weighted by atomic mass is 9.73. The second kappa shape index (κ2) is 5.29. The van der Waals surface area contributed by atoms with Gasteiger partial charge in [-0.25, -0.2) is 0 Å². The molecule has 1 N–H and O–H groups in total. The molecule has 1 fully saturated rings. The third-order valence-electron chi connectivity index (χ3n) is 5.18. The van der Waals surface area contributed by atoms with E-state index in [0.29, 0.717) is 12.0 Å². The van der Waals surface area contributed by atoms with Crippen molar-refractivity contribution < 1.29 is 12.6 Å². The molecule has 1 aromatic carbocycles. The summed E-state index contributed by atoms with van der Waals surface area (Å²) in [6.07, 6.45) is 3.01. The standard InChI is InChI=1S/C16H21N3O3S/c1-19-8-10(9-22-23(2,20)21)6-12-11-4-3-5-13-16(11)14(18-17-13)7-15(12)19/h3-5,10,12,15H,6-9H2,1-2H3,(H,17,18)/t10-,12-,15-/m1/s1. The van der Waals surface area contributed by atoms with Gasteiger partial charge in [-0.1, -0.05) is 12.1 Å². The summed E-state index contributed by atoms with van der Waals surface area (Å²) in [5.74, 6) is 0.621. The lowest BCUT2D eigenvalue weighted by Gasteiger charge is -2.45. The normalized spacial score (nSPS) is 28.0. The van der Waals surface area contributed by atoms with Crippen LogP contribution in [0.25, 0.3) is 10.9 Å². The van der Waals surface area contributed by atoms with E-state index in [1.54, 1.807) is 0 Å². The van der Waals surface area contributed by atoms with Gasteiger partial charge in [-0.05, 0) is 31.0 Å². The Labute approximate surface area is 135 Å². The first-order chi connectivity index (χ1) is 10.9. The average molecular weight is 335 g/mol. The molecule has 7 heteroatoms. The molecular weight excluding hydrogens is 314 g/mol. The van der Waals surface area contributed by atoms with Gasteiger partial charge in [0.25, 0.3) is 10.1 Å². The molecule has 0 amide bonds. The van der Waals surface area contributed by atoms with Crippen molar-refractivity contribution >= 4 is 21.0 Å². The van der Waals surface area contributed by atoms with Crippen molar-refractivity contribution in [2.24, 2.45) is 5.92 Å². The van der Waals surface area contributed by atoms with Crippen molar-refractivity contribution in [1.29, 1.82) is 0 Å². The van der Waals surface area contributed by atoms with Gasteiger partial charge in [0.05, 0.1) is 24.1 Å². The van der Waals surface area contributed by atoms with E-state index in [1.165, 1.54) is 10.9 Å². The summed E-state index contributed by atoms with van der Waals surface area (Å²) in [6, 6.07) is 6.74. The molecule has 124 valence electrons. The monoisotopic (exact) mass is 335 g/mol. The number of aromatic amines is 1. The highest BCUT2D eigenvalue weighted by Gasteiger charge is 2.40. The molecule has 1 aliphatic carbocycles. The number of piperidine rings is 1. The van der Waals surface area contributed by atoms with Crippen LogP contribution in [0.4, 0.5) is 0 Å². The minimum Gasteiger partial charge on any atom is -0.302 e. The SMILES string of the molecule is CN1C[C@H](COS(C)(=O)=O)C[C@@H]2c3cccc4[nH]nc(c34)C[C@H]21. The number of benzene rings is 1. The van der Waals surface area contributed by atoms with Crippen molar-refractivity contribution in [2.45, 2.75) is 24.8 Å². The van der Waals surface area contributed by atoms with Crippen molar-refractivity contribution in [3.05, 3.63) is 29.5 Å². The summed E-state index contributed by atoms with van der Waals surface area (Å²) < 4.78 is 27.6. The number of aromatic nitrogens is 2. The lowest BCUT2D eigenvalue weighted by Crippen LogP contribution is -2.49. The molecule has 0 bridgehead atoms. The highest BCUT2D eigenvalue weighted by atomic mass is 32.2. The Morgan fingerprint density at radius 3 is 3.04 bits per heavy atom. The molecule has 6 nitrogen and oxygen atoms in total. The van der Waals surface area contributed by atoms with Gasteiger partial charge >= 0.3 is 0 Å². The second-order valence-corrected chi connectivity index (χ2v) is 8.49. The van der Waals surface area contributed by atoms with Gasteiger partial charge in [-0.3, -0.25) is 9.28 Å². The molecule has 1 aromatic heterocycles. The Kier molecular flexibility index (Phi) is 3.48. The number of likely N-dealkylation sites (N-methyl/N-ethyl adjacent to an activating group) is 1. The van der Waals surface area contributed by atoms with Crippen LogP contribution >= 0.6 is 0 Å². The Hall–Kier alpha value is -1.44. The zero-order valence-corrected chi connectivity index (χ0v) is 14.1. The number of H-pyrrole nitrogens is 1. The topological polar surface area (TPSA) is 75.3 Å². The zero-order chi connectivity index (χ0) is 16.2. The third-order valence-corrected chi connectivity index (χ3v) is 5.74. The predicted octanol–water partition coefficient (Wildman–Crippen LogP) is 1.50. The van der Waals surface area contributed by atoms with Crippen molar-refractivity contribution in [3.8, 4) is 0 Å². The van der Waals surface area contributed by atoms with E-state index in [2.05, 4.69) is 40.3 Å². The molecule has 4 rings (SSSR count). The Bertz CT molecular complexity index is 845. The Balaban J connectivity index is 1.65. The van der Waals surface area contributed by atoms with Crippen LogP contribution in [0, 0.1) is 5.92 Å². The molecule has 0 unspecified atom stereocenters. The fraction of sp³-hybridized carbons (Fsp3) is 0.562. The zero-order valence-electron chi connectivity index (χ0n) is 13.3. The Morgan fingerprint density at radius 1 is 1.43 bits per heavy atom. The summed E-state index contributed by atoms with van der Waals surface area (Å²) >= 11 is 0. The summed E-state index contributed by atoms with van der Waals surface area (Å²) in [7, 11) is -1.27. The molecule has 0 spiro atoms. The van der Waals surface area contributed by atoms with Crippen molar-refractivity contribution in [1.82, 2.24) is 15.1 Å². The minimum atomic E-state index is -3.38. The summed E-state index contributed by atoms with van der Waals surface area (Å²) in [5, 5.41) is 8.87. The number of fused-ring (bicyclic) bond motifs is 2. The van der Waals surface area contributed by atoms with Crippen LogP contribution in [-0.2, 0) is 20.7 Å². The van der Waals surface area contributed by atoms with E-state index in [-0.39, 0.29) is 12.5 Å². The second-order valence-electron chi connectivity index (χ2n) is 6.85. The van der Waals surface area contributed by atoms with Crippen LogP contribution in [-0.4, -0.2) is 56.0 Å². The van der Waals surface area contributed by atoms with Crippen LogP contribution in [0.2, 0.25) is 0 Å². The van der Waals surface area contributed by atoms with Gasteiger partial charge < -0.3 is 4.90 Å². The molecule has 1 saturated heterocycles. The molecule has 0 saturated carbocycles. The maximum atomic E-state index is 11.3.